The van der Waals surface area contributed by atoms with E-state index in [1.165, 1.54) is 0 Å². The standard InChI is InChI=1S/C27H34N6O2/c1-26(2,3)24(34)31-21-13-9-11-19(29-21)17-33(23-15-7-8-16-28-23)18-20-12-10-14-22(30-20)32-25(35)27(4,5)6/h7-16H,17-18H2,1-6H3,(H,29,31,34)(H,30,32,35). The van der Waals surface area contributed by atoms with Gasteiger partial charge in [0.2, 0.25) is 11.8 Å². The molecule has 3 aromatic rings. The number of nitrogens with one attached hydrogen (secondary N) is 2. The van der Waals surface area contributed by atoms with E-state index in [1.54, 1.807) is 18.3 Å². The fraction of sp³-hybridized carbons (Fsp3) is 0.370. The maximum atomic E-state index is 12.4. The Kier molecular flexibility index (Phi) is 7.84. The summed E-state index contributed by atoms with van der Waals surface area (Å²) in [6.45, 7) is 12.1. The predicted molar refractivity (Wildman–Crippen MR) is 139 cm³/mol. The average Bonchev–Trinajstić information content (AvgIpc) is 2.78. The van der Waals surface area contributed by atoms with Crippen LogP contribution in [0.25, 0.3) is 0 Å². The Morgan fingerprint density at radius 1 is 0.714 bits per heavy atom. The summed E-state index contributed by atoms with van der Waals surface area (Å²) in [5, 5.41) is 5.77. The van der Waals surface area contributed by atoms with Crippen LogP contribution in [0.3, 0.4) is 0 Å². The lowest BCUT2D eigenvalue weighted by Gasteiger charge is -2.24. The largest absolute Gasteiger partial charge is 0.345 e. The number of amides is 2. The molecule has 0 bridgehead atoms. The second-order valence-electron chi connectivity index (χ2n) is 10.5. The number of carbonyl (C=O) groups is 2. The van der Waals surface area contributed by atoms with Gasteiger partial charge in [-0.2, -0.15) is 0 Å². The highest BCUT2D eigenvalue weighted by molar-refractivity contribution is 5.94. The van der Waals surface area contributed by atoms with Crippen LogP contribution in [-0.2, 0) is 22.7 Å². The van der Waals surface area contributed by atoms with Gasteiger partial charge in [-0.1, -0.05) is 59.7 Å². The molecular formula is C27H34N6O2. The fourth-order valence-corrected chi connectivity index (χ4v) is 3.03. The van der Waals surface area contributed by atoms with Crippen molar-refractivity contribution in [2.75, 3.05) is 15.5 Å². The zero-order valence-electron chi connectivity index (χ0n) is 21.3. The van der Waals surface area contributed by atoms with Crippen LogP contribution in [-0.4, -0.2) is 26.8 Å². The number of pyridine rings is 3. The lowest BCUT2D eigenvalue weighted by Crippen LogP contribution is -2.29. The van der Waals surface area contributed by atoms with E-state index in [4.69, 9.17) is 0 Å². The van der Waals surface area contributed by atoms with Gasteiger partial charge in [-0.25, -0.2) is 15.0 Å². The molecule has 0 aliphatic carbocycles. The van der Waals surface area contributed by atoms with Crippen LogP contribution >= 0.6 is 0 Å². The third-order valence-electron chi connectivity index (χ3n) is 5.14. The summed E-state index contributed by atoms with van der Waals surface area (Å²) in [7, 11) is 0. The van der Waals surface area contributed by atoms with Gasteiger partial charge in [-0.15, -0.1) is 0 Å². The molecule has 3 heterocycles. The van der Waals surface area contributed by atoms with Crippen molar-refractivity contribution < 1.29 is 9.59 Å². The first-order chi connectivity index (χ1) is 16.4. The highest BCUT2D eigenvalue weighted by atomic mass is 16.2. The number of aromatic nitrogens is 3. The van der Waals surface area contributed by atoms with Crippen molar-refractivity contribution in [1.29, 1.82) is 0 Å². The molecule has 8 heteroatoms. The Morgan fingerprint density at radius 3 is 1.60 bits per heavy atom. The molecule has 0 atom stereocenters. The minimum Gasteiger partial charge on any atom is -0.345 e. The average molecular weight is 475 g/mol. The first-order valence-electron chi connectivity index (χ1n) is 11.6. The maximum absolute atomic E-state index is 12.4. The first kappa shape index (κ1) is 25.8. The molecule has 0 fully saturated rings. The number of hydrogen-bond donors (Lipinski definition) is 2. The zero-order valence-corrected chi connectivity index (χ0v) is 21.3. The van der Waals surface area contributed by atoms with E-state index < -0.39 is 10.8 Å². The van der Waals surface area contributed by atoms with Crippen molar-refractivity contribution in [2.45, 2.75) is 54.6 Å². The molecule has 35 heavy (non-hydrogen) atoms. The number of carbonyl (C=O) groups excluding carboxylic acids is 2. The van der Waals surface area contributed by atoms with Crippen LogP contribution < -0.4 is 15.5 Å². The molecule has 2 N–H and O–H groups in total. The molecule has 2 amide bonds. The molecule has 0 aliphatic rings. The molecular weight excluding hydrogens is 440 g/mol. The summed E-state index contributed by atoms with van der Waals surface area (Å²) in [4.78, 5) is 40.6. The van der Waals surface area contributed by atoms with Crippen LogP contribution in [0.15, 0.2) is 60.8 Å². The summed E-state index contributed by atoms with van der Waals surface area (Å²) in [5.74, 6) is 1.59. The number of hydrogen-bond acceptors (Lipinski definition) is 6. The van der Waals surface area contributed by atoms with Crippen molar-refractivity contribution in [2.24, 2.45) is 10.8 Å². The normalized spacial score (nSPS) is 11.6. The Bertz CT molecular complexity index is 1090. The third-order valence-corrected chi connectivity index (χ3v) is 5.14. The summed E-state index contributed by atoms with van der Waals surface area (Å²) < 4.78 is 0. The lowest BCUT2D eigenvalue weighted by atomic mass is 9.96. The second kappa shape index (κ2) is 10.6. The molecule has 0 saturated heterocycles. The SMILES string of the molecule is CC(C)(C)C(=O)Nc1cccc(CN(Cc2cccc(NC(=O)C(C)(C)C)n2)c2ccccn2)n1. The van der Waals surface area contributed by atoms with E-state index in [0.29, 0.717) is 24.7 Å². The summed E-state index contributed by atoms with van der Waals surface area (Å²) in [6.07, 6.45) is 1.74. The quantitative estimate of drug-likeness (QED) is 0.497. The van der Waals surface area contributed by atoms with Gasteiger partial charge in [-0.3, -0.25) is 9.59 Å². The Labute approximate surface area is 207 Å². The van der Waals surface area contributed by atoms with Gasteiger partial charge in [0.05, 0.1) is 24.5 Å². The van der Waals surface area contributed by atoms with Gasteiger partial charge < -0.3 is 15.5 Å². The minimum atomic E-state index is -0.517. The molecule has 0 spiro atoms. The van der Waals surface area contributed by atoms with E-state index in [0.717, 1.165) is 17.2 Å². The van der Waals surface area contributed by atoms with Gasteiger partial charge in [0.1, 0.15) is 17.5 Å². The van der Waals surface area contributed by atoms with E-state index in [2.05, 4.69) is 30.5 Å². The van der Waals surface area contributed by atoms with E-state index in [9.17, 15) is 9.59 Å². The number of rotatable bonds is 7. The zero-order chi connectivity index (χ0) is 25.6. The van der Waals surface area contributed by atoms with Crippen molar-refractivity contribution in [1.82, 2.24) is 15.0 Å². The number of nitrogens with zero attached hydrogens (tertiary/aromatic N) is 4. The number of anilines is 3. The molecule has 0 unspecified atom stereocenters. The van der Waals surface area contributed by atoms with Crippen molar-refractivity contribution >= 4 is 29.3 Å². The van der Waals surface area contributed by atoms with Gasteiger partial charge in [-0.05, 0) is 36.4 Å². The van der Waals surface area contributed by atoms with Crippen molar-refractivity contribution in [3.05, 3.63) is 72.2 Å². The summed E-state index contributed by atoms with van der Waals surface area (Å²) >= 11 is 0. The molecule has 184 valence electrons. The molecule has 0 saturated carbocycles. The van der Waals surface area contributed by atoms with Crippen LogP contribution in [0, 0.1) is 10.8 Å². The molecule has 0 aliphatic heterocycles. The van der Waals surface area contributed by atoms with Crippen LogP contribution in [0.5, 0.6) is 0 Å². The molecule has 8 nitrogen and oxygen atoms in total. The van der Waals surface area contributed by atoms with Crippen LogP contribution in [0.1, 0.15) is 52.9 Å². The summed E-state index contributed by atoms with van der Waals surface area (Å²) in [5.41, 5.74) is 0.521. The molecule has 0 radical (unpaired) electrons. The van der Waals surface area contributed by atoms with Crippen molar-refractivity contribution in [3.63, 3.8) is 0 Å². The van der Waals surface area contributed by atoms with Crippen molar-refractivity contribution in [3.8, 4) is 0 Å². The fourth-order valence-electron chi connectivity index (χ4n) is 3.03. The topological polar surface area (TPSA) is 100 Å². The second-order valence-corrected chi connectivity index (χ2v) is 10.5. The monoisotopic (exact) mass is 474 g/mol. The van der Waals surface area contributed by atoms with E-state index in [1.807, 2.05) is 84.0 Å². The van der Waals surface area contributed by atoms with Gasteiger partial charge in [0.15, 0.2) is 0 Å². The van der Waals surface area contributed by atoms with E-state index in [-0.39, 0.29) is 11.8 Å². The Balaban J connectivity index is 1.82. The Hall–Kier alpha value is -3.81. The third kappa shape index (κ3) is 7.60. The minimum absolute atomic E-state index is 0.0953. The predicted octanol–water partition coefficient (Wildman–Crippen LogP) is 5.05. The van der Waals surface area contributed by atoms with Crippen LogP contribution in [0.4, 0.5) is 17.5 Å². The van der Waals surface area contributed by atoms with Crippen LogP contribution in [0.2, 0.25) is 0 Å². The molecule has 0 aromatic carbocycles. The maximum Gasteiger partial charge on any atom is 0.230 e. The van der Waals surface area contributed by atoms with E-state index >= 15 is 0 Å². The highest BCUT2D eigenvalue weighted by Crippen LogP contribution is 2.21. The molecule has 3 rings (SSSR count). The molecule has 3 aromatic heterocycles. The van der Waals surface area contributed by atoms with Gasteiger partial charge >= 0.3 is 0 Å². The Morgan fingerprint density at radius 2 is 1.20 bits per heavy atom. The highest BCUT2D eigenvalue weighted by Gasteiger charge is 2.23. The first-order valence-corrected chi connectivity index (χ1v) is 11.6. The lowest BCUT2D eigenvalue weighted by molar-refractivity contribution is -0.123. The van der Waals surface area contributed by atoms with Gasteiger partial charge in [0, 0.05) is 17.0 Å². The summed E-state index contributed by atoms with van der Waals surface area (Å²) in [6, 6.07) is 16.8. The van der Waals surface area contributed by atoms with Gasteiger partial charge in [0.25, 0.3) is 0 Å². The smallest absolute Gasteiger partial charge is 0.230 e.